The minimum Gasteiger partial charge on any atom is -0.444 e. The fourth-order valence-corrected chi connectivity index (χ4v) is 4.02. The van der Waals surface area contributed by atoms with Gasteiger partial charge in [-0.15, -0.1) is 24.0 Å². The molecule has 0 spiro atoms. The molecule has 172 valence electrons. The lowest BCUT2D eigenvalue weighted by molar-refractivity contribution is -0.0835. The topological polar surface area (TPSA) is 71.7 Å². The Labute approximate surface area is 203 Å². The van der Waals surface area contributed by atoms with Crippen LogP contribution in [0, 0.1) is 18.3 Å². The number of guanidine groups is 1. The SMILES string of the molecule is CN=C(NCCc1coc(-c2ccc(C)cc2)n1)NCC1CCCOC1C(C)(C)C.I. The first kappa shape index (κ1) is 25.6. The Morgan fingerprint density at radius 3 is 2.61 bits per heavy atom. The number of hydrogen-bond acceptors (Lipinski definition) is 4. The number of aliphatic imine (C=N–C) groups is 1. The van der Waals surface area contributed by atoms with Crippen molar-refractivity contribution in [1.29, 1.82) is 0 Å². The number of halogens is 1. The standard InChI is InChI=1S/C24H36N4O2.HI/c1-17-8-10-18(11-9-17)22-28-20(16-30-22)12-13-26-23(25-5)27-15-19-7-6-14-29-21(19)24(2,3)4;/h8-11,16,19,21H,6-7,12-15H2,1-5H3,(H2,25,26,27);1H. The third kappa shape index (κ3) is 7.49. The molecule has 2 heterocycles. The lowest BCUT2D eigenvalue weighted by Gasteiger charge is -2.40. The average molecular weight is 540 g/mol. The maximum Gasteiger partial charge on any atom is 0.226 e. The van der Waals surface area contributed by atoms with Gasteiger partial charge in [0.15, 0.2) is 5.96 Å². The molecular weight excluding hydrogens is 503 g/mol. The van der Waals surface area contributed by atoms with Crippen molar-refractivity contribution in [3.8, 4) is 11.5 Å². The summed E-state index contributed by atoms with van der Waals surface area (Å²) in [6.45, 7) is 11.3. The Hall–Kier alpha value is -1.61. The number of oxazole rings is 1. The van der Waals surface area contributed by atoms with Crippen molar-refractivity contribution in [2.24, 2.45) is 16.3 Å². The minimum atomic E-state index is 0. The van der Waals surface area contributed by atoms with Gasteiger partial charge in [0, 0.05) is 44.6 Å². The van der Waals surface area contributed by atoms with Crippen molar-refractivity contribution in [3.05, 3.63) is 41.8 Å². The molecule has 3 rings (SSSR count). The maximum atomic E-state index is 6.09. The predicted molar refractivity (Wildman–Crippen MR) is 137 cm³/mol. The van der Waals surface area contributed by atoms with Crippen LogP contribution in [0.1, 0.15) is 44.9 Å². The Balaban J connectivity index is 0.00000341. The molecule has 0 saturated carbocycles. The van der Waals surface area contributed by atoms with Gasteiger partial charge in [-0.05, 0) is 37.3 Å². The van der Waals surface area contributed by atoms with E-state index in [1.54, 1.807) is 13.3 Å². The van der Waals surface area contributed by atoms with Crippen molar-refractivity contribution in [3.63, 3.8) is 0 Å². The van der Waals surface area contributed by atoms with Crippen LogP contribution in [0.15, 0.2) is 39.9 Å². The molecule has 1 aliphatic rings. The van der Waals surface area contributed by atoms with Crippen molar-refractivity contribution in [2.45, 2.75) is 53.1 Å². The fourth-order valence-electron chi connectivity index (χ4n) is 4.02. The van der Waals surface area contributed by atoms with Crippen molar-refractivity contribution in [1.82, 2.24) is 15.6 Å². The summed E-state index contributed by atoms with van der Waals surface area (Å²) in [6.07, 6.45) is 5.09. The molecule has 2 N–H and O–H groups in total. The Morgan fingerprint density at radius 1 is 1.19 bits per heavy atom. The summed E-state index contributed by atoms with van der Waals surface area (Å²) in [5.41, 5.74) is 3.30. The summed E-state index contributed by atoms with van der Waals surface area (Å²) in [4.78, 5) is 8.97. The second-order valence-corrected chi connectivity index (χ2v) is 9.20. The van der Waals surface area contributed by atoms with Gasteiger partial charge >= 0.3 is 0 Å². The van der Waals surface area contributed by atoms with E-state index in [1.165, 1.54) is 12.0 Å². The minimum absolute atomic E-state index is 0. The van der Waals surface area contributed by atoms with E-state index in [2.05, 4.69) is 60.4 Å². The third-order valence-electron chi connectivity index (χ3n) is 5.58. The van der Waals surface area contributed by atoms with Crippen molar-refractivity contribution in [2.75, 3.05) is 26.7 Å². The molecule has 1 aromatic heterocycles. The second kappa shape index (κ2) is 11.9. The monoisotopic (exact) mass is 540 g/mol. The molecule has 0 bridgehead atoms. The zero-order valence-corrected chi connectivity index (χ0v) is 21.7. The Bertz CT molecular complexity index is 827. The van der Waals surface area contributed by atoms with Crippen LogP contribution < -0.4 is 10.6 Å². The molecule has 7 heteroatoms. The number of nitrogens with zero attached hydrogens (tertiary/aromatic N) is 2. The Kier molecular flexibility index (Phi) is 9.81. The normalized spacial score (nSPS) is 19.6. The lowest BCUT2D eigenvalue weighted by Crippen LogP contribution is -2.47. The first-order valence-corrected chi connectivity index (χ1v) is 10.9. The number of aromatic nitrogens is 1. The number of rotatable bonds is 6. The molecule has 2 unspecified atom stereocenters. The Morgan fingerprint density at radius 2 is 1.94 bits per heavy atom. The van der Waals surface area contributed by atoms with Gasteiger partial charge in [0.2, 0.25) is 5.89 Å². The first-order valence-electron chi connectivity index (χ1n) is 10.9. The summed E-state index contributed by atoms with van der Waals surface area (Å²) < 4.78 is 11.7. The molecule has 2 atom stereocenters. The van der Waals surface area contributed by atoms with Crippen LogP contribution in [0.2, 0.25) is 0 Å². The molecule has 1 aliphatic heterocycles. The maximum absolute atomic E-state index is 6.09. The third-order valence-corrected chi connectivity index (χ3v) is 5.58. The van der Waals surface area contributed by atoms with Crippen molar-refractivity contribution < 1.29 is 9.15 Å². The van der Waals surface area contributed by atoms with Gasteiger partial charge in [-0.1, -0.05) is 38.5 Å². The van der Waals surface area contributed by atoms with Gasteiger partial charge in [0.05, 0.1) is 11.8 Å². The van der Waals surface area contributed by atoms with E-state index in [-0.39, 0.29) is 35.5 Å². The van der Waals surface area contributed by atoms with Crippen molar-refractivity contribution >= 4 is 29.9 Å². The van der Waals surface area contributed by atoms with Gasteiger partial charge in [0.1, 0.15) is 6.26 Å². The predicted octanol–water partition coefficient (Wildman–Crippen LogP) is 4.82. The van der Waals surface area contributed by atoms with Crippen LogP contribution in [-0.4, -0.2) is 43.8 Å². The zero-order valence-electron chi connectivity index (χ0n) is 19.4. The van der Waals surface area contributed by atoms with E-state index in [4.69, 9.17) is 9.15 Å². The van der Waals surface area contributed by atoms with E-state index < -0.39 is 0 Å². The second-order valence-electron chi connectivity index (χ2n) is 9.20. The molecule has 31 heavy (non-hydrogen) atoms. The molecule has 6 nitrogen and oxygen atoms in total. The molecule has 1 fully saturated rings. The summed E-state index contributed by atoms with van der Waals surface area (Å²) in [5.74, 6) is 1.97. The summed E-state index contributed by atoms with van der Waals surface area (Å²) >= 11 is 0. The highest BCUT2D eigenvalue weighted by atomic mass is 127. The molecule has 0 aliphatic carbocycles. The van der Waals surface area contributed by atoms with Gasteiger partial charge in [-0.3, -0.25) is 4.99 Å². The van der Waals surface area contributed by atoms with Gasteiger partial charge in [0.25, 0.3) is 0 Å². The average Bonchev–Trinajstić information content (AvgIpc) is 3.19. The quantitative estimate of drug-likeness (QED) is 0.313. The lowest BCUT2D eigenvalue weighted by atomic mass is 9.78. The van der Waals surface area contributed by atoms with Crippen LogP contribution in [0.3, 0.4) is 0 Å². The van der Waals surface area contributed by atoms with Crippen LogP contribution >= 0.6 is 24.0 Å². The largest absolute Gasteiger partial charge is 0.444 e. The molecule has 0 radical (unpaired) electrons. The van der Waals surface area contributed by atoms with E-state index in [0.29, 0.717) is 11.8 Å². The molecule has 1 aromatic carbocycles. The number of ether oxygens (including phenoxy) is 1. The van der Waals surface area contributed by atoms with E-state index in [9.17, 15) is 0 Å². The highest BCUT2D eigenvalue weighted by Gasteiger charge is 2.35. The van der Waals surface area contributed by atoms with Gasteiger partial charge in [-0.25, -0.2) is 4.98 Å². The number of hydrogen-bond donors (Lipinski definition) is 2. The first-order chi connectivity index (χ1) is 14.4. The summed E-state index contributed by atoms with van der Waals surface area (Å²) in [6, 6.07) is 8.21. The van der Waals surface area contributed by atoms with Crippen LogP contribution in [-0.2, 0) is 11.2 Å². The van der Waals surface area contributed by atoms with Crippen LogP contribution in [0.5, 0.6) is 0 Å². The summed E-state index contributed by atoms with van der Waals surface area (Å²) in [5, 5.41) is 6.86. The highest BCUT2D eigenvalue weighted by molar-refractivity contribution is 14.0. The molecular formula is C24H37IN4O2. The van der Waals surface area contributed by atoms with E-state index in [1.807, 2.05) is 12.1 Å². The smallest absolute Gasteiger partial charge is 0.226 e. The molecule has 2 aromatic rings. The number of nitrogens with one attached hydrogen (secondary N) is 2. The highest BCUT2D eigenvalue weighted by Crippen LogP contribution is 2.33. The van der Waals surface area contributed by atoms with Gasteiger partial charge in [-0.2, -0.15) is 0 Å². The van der Waals surface area contributed by atoms with Gasteiger partial charge < -0.3 is 19.8 Å². The van der Waals surface area contributed by atoms with E-state index >= 15 is 0 Å². The molecule has 0 amide bonds. The van der Waals surface area contributed by atoms with E-state index in [0.717, 1.165) is 49.8 Å². The number of aryl methyl sites for hydroxylation is 1. The number of benzene rings is 1. The summed E-state index contributed by atoms with van der Waals surface area (Å²) in [7, 11) is 1.81. The fraction of sp³-hybridized carbons (Fsp3) is 0.583. The van der Waals surface area contributed by atoms with Crippen LogP contribution in [0.4, 0.5) is 0 Å². The molecule has 1 saturated heterocycles. The van der Waals surface area contributed by atoms with Crippen LogP contribution in [0.25, 0.3) is 11.5 Å². The zero-order chi connectivity index (χ0) is 21.6.